The highest BCUT2D eigenvalue weighted by Gasteiger charge is 2.27. The Morgan fingerprint density at radius 1 is 1.41 bits per heavy atom. The van der Waals surface area contributed by atoms with E-state index in [1.165, 1.54) is 10.6 Å². The highest BCUT2D eigenvalue weighted by Crippen LogP contribution is 2.30. The molecule has 122 valence electrons. The Hall–Kier alpha value is -1.31. The summed E-state index contributed by atoms with van der Waals surface area (Å²) in [6.07, 6.45) is 1.85. The molecule has 1 aromatic carbocycles. The number of hydrogen-bond acceptors (Lipinski definition) is 4. The molecule has 2 aliphatic heterocycles. The summed E-state index contributed by atoms with van der Waals surface area (Å²) < 4.78 is 24.7. The Morgan fingerprint density at radius 3 is 2.73 bits per heavy atom. The molecule has 2 aliphatic rings. The molecule has 1 amide bonds. The van der Waals surface area contributed by atoms with Crippen LogP contribution in [0.5, 0.6) is 0 Å². The number of carbonyl (C=O) groups is 1. The Kier molecular flexibility index (Phi) is 4.99. The third-order valence-electron chi connectivity index (χ3n) is 4.01. The highest BCUT2D eigenvalue weighted by atomic mass is 35.5. The zero-order chi connectivity index (χ0) is 15.0. The minimum absolute atomic E-state index is 0. The standard InChI is InChI=1S/C14H19N3O3S.ClH/c1-21(19,20)17-5-4-11-6-12(2-3-13(11)17)14(18)16-9-10-7-15-8-10;/h2-3,6,10,15H,4-5,7-9H2,1H3,(H,16,18);1H. The van der Waals surface area contributed by atoms with Gasteiger partial charge in [0.1, 0.15) is 0 Å². The fourth-order valence-corrected chi connectivity index (χ4v) is 3.65. The Morgan fingerprint density at radius 2 is 2.14 bits per heavy atom. The fraction of sp³-hybridized carbons (Fsp3) is 0.500. The summed E-state index contributed by atoms with van der Waals surface area (Å²) >= 11 is 0. The van der Waals surface area contributed by atoms with Gasteiger partial charge in [0.05, 0.1) is 11.9 Å². The molecule has 3 rings (SSSR count). The number of nitrogens with one attached hydrogen (secondary N) is 2. The van der Waals surface area contributed by atoms with Gasteiger partial charge >= 0.3 is 0 Å². The molecule has 0 aromatic heterocycles. The lowest BCUT2D eigenvalue weighted by Gasteiger charge is -2.27. The molecule has 0 saturated carbocycles. The maximum atomic E-state index is 12.1. The summed E-state index contributed by atoms with van der Waals surface area (Å²) in [7, 11) is -3.24. The molecule has 0 spiro atoms. The van der Waals surface area contributed by atoms with Crippen molar-refractivity contribution < 1.29 is 13.2 Å². The zero-order valence-corrected chi connectivity index (χ0v) is 14.0. The van der Waals surface area contributed by atoms with E-state index >= 15 is 0 Å². The third kappa shape index (κ3) is 3.37. The number of fused-ring (bicyclic) bond motifs is 1. The molecule has 0 bridgehead atoms. The van der Waals surface area contributed by atoms with Gasteiger partial charge in [-0.25, -0.2) is 8.42 Å². The maximum absolute atomic E-state index is 12.1. The first kappa shape index (κ1) is 17.1. The molecule has 1 aromatic rings. The molecular formula is C14H20ClN3O3S. The average Bonchev–Trinajstić information content (AvgIpc) is 2.79. The number of hydrogen-bond donors (Lipinski definition) is 2. The van der Waals surface area contributed by atoms with Crippen LogP contribution in [0.1, 0.15) is 15.9 Å². The second kappa shape index (κ2) is 6.44. The van der Waals surface area contributed by atoms with Crippen LogP contribution in [0.15, 0.2) is 18.2 Å². The van der Waals surface area contributed by atoms with Crippen LogP contribution in [-0.2, 0) is 16.4 Å². The summed E-state index contributed by atoms with van der Waals surface area (Å²) in [6, 6.07) is 5.22. The lowest BCUT2D eigenvalue weighted by Crippen LogP contribution is -2.48. The van der Waals surface area contributed by atoms with E-state index in [9.17, 15) is 13.2 Å². The monoisotopic (exact) mass is 345 g/mol. The lowest BCUT2D eigenvalue weighted by molar-refractivity contribution is 0.0942. The van der Waals surface area contributed by atoms with Gasteiger partial charge in [-0.2, -0.15) is 0 Å². The maximum Gasteiger partial charge on any atom is 0.251 e. The highest BCUT2D eigenvalue weighted by molar-refractivity contribution is 7.92. The smallest absolute Gasteiger partial charge is 0.251 e. The minimum atomic E-state index is -3.24. The van der Waals surface area contributed by atoms with Crippen molar-refractivity contribution in [3.8, 4) is 0 Å². The molecule has 0 atom stereocenters. The van der Waals surface area contributed by atoms with E-state index in [-0.39, 0.29) is 18.3 Å². The quantitative estimate of drug-likeness (QED) is 0.827. The molecule has 0 unspecified atom stereocenters. The molecule has 2 heterocycles. The number of halogens is 1. The van der Waals surface area contributed by atoms with Gasteiger partial charge in [-0.1, -0.05) is 0 Å². The van der Waals surface area contributed by atoms with Gasteiger partial charge in [-0.3, -0.25) is 9.10 Å². The predicted molar refractivity (Wildman–Crippen MR) is 88.3 cm³/mol. The van der Waals surface area contributed by atoms with Gasteiger partial charge in [0.15, 0.2) is 0 Å². The van der Waals surface area contributed by atoms with E-state index in [1.54, 1.807) is 18.2 Å². The van der Waals surface area contributed by atoms with Crippen molar-refractivity contribution in [2.45, 2.75) is 6.42 Å². The summed E-state index contributed by atoms with van der Waals surface area (Å²) in [4.78, 5) is 12.1. The van der Waals surface area contributed by atoms with Gasteiger partial charge in [0, 0.05) is 37.7 Å². The molecule has 0 radical (unpaired) electrons. The van der Waals surface area contributed by atoms with E-state index in [0.717, 1.165) is 18.7 Å². The van der Waals surface area contributed by atoms with E-state index in [1.807, 2.05) is 0 Å². The van der Waals surface area contributed by atoms with E-state index in [0.29, 0.717) is 36.7 Å². The first-order valence-corrected chi connectivity index (χ1v) is 8.89. The number of sulfonamides is 1. The zero-order valence-electron chi connectivity index (χ0n) is 12.3. The predicted octanol–water partition coefficient (Wildman–Crippen LogP) is 0.380. The SMILES string of the molecule is CS(=O)(=O)N1CCc2cc(C(=O)NCC3CNC3)ccc21.Cl. The van der Waals surface area contributed by atoms with Crippen molar-refractivity contribution in [2.75, 3.05) is 36.7 Å². The van der Waals surface area contributed by atoms with Gasteiger partial charge in [0.25, 0.3) is 5.91 Å². The minimum Gasteiger partial charge on any atom is -0.352 e. The van der Waals surface area contributed by atoms with Crippen LogP contribution in [-0.4, -0.2) is 46.8 Å². The van der Waals surface area contributed by atoms with Gasteiger partial charge in [0.2, 0.25) is 10.0 Å². The van der Waals surface area contributed by atoms with E-state index in [4.69, 9.17) is 0 Å². The molecular weight excluding hydrogens is 326 g/mol. The second-order valence-electron chi connectivity index (χ2n) is 5.66. The molecule has 0 aliphatic carbocycles. The summed E-state index contributed by atoms with van der Waals surface area (Å²) in [6.45, 7) is 3.03. The van der Waals surface area contributed by atoms with Crippen LogP contribution in [0.25, 0.3) is 0 Å². The van der Waals surface area contributed by atoms with Crippen molar-refractivity contribution >= 4 is 34.0 Å². The summed E-state index contributed by atoms with van der Waals surface area (Å²) in [5, 5.41) is 6.09. The number of anilines is 1. The van der Waals surface area contributed by atoms with Crippen molar-refractivity contribution in [3.05, 3.63) is 29.3 Å². The molecule has 8 heteroatoms. The van der Waals surface area contributed by atoms with Gasteiger partial charge in [-0.15, -0.1) is 12.4 Å². The number of rotatable bonds is 4. The second-order valence-corrected chi connectivity index (χ2v) is 7.57. The fourth-order valence-electron chi connectivity index (χ4n) is 2.69. The van der Waals surface area contributed by atoms with Crippen LogP contribution in [0.4, 0.5) is 5.69 Å². The number of nitrogens with zero attached hydrogens (tertiary/aromatic N) is 1. The number of amides is 1. The normalized spacial score (nSPS) is 17.4. The number of carbonyl (C=O) groups excluding carboxylic acids is 1. The molecule has 2 N–H and O–H groups in total. The van der Waals surface area contributed by atoms with E-state index < -0.39 is 10.0 Å². The topological polar surface area (TPSA) is 78.5 Å². The van der Waals surface area contributed by atoms with E-state index in [2.05, 4.69) is 10.6 Å². The van der Waals surface area contributed by atoms with Crippen molar-refractivity contribution in [1.29, 1.82) is 0 Å². The van der Waals surface area contributed by atoms with Crippen molar-refractivity contribution in [1.82, 2.24) is 10.6 Å². The van der Waals surface area contributed by atoms with Crippen LogP contribution in [0.2, 0.25) is 0 Å². The Bertz CT molecular complexity index is 674. The van der Waals surface area contributed by atoms with Gasteiger partial charge < -0.3 is 10.6 Å². The lowest BCUT2D eigenvalue weighted by atomic mass is 10.0. The first-order valence-electron chi connectivity index (χ1n) is 7.05. The molecule has 22 heavy (non-hydrogen) atoms. The Labute approximate surface area is 136 Å². The van der Waals surface area contributed by atoms with Crippen molar-refractivity contribution in [3.63, 3.8) is 0 Å². The first-order chi connectivity index (χ1) is 9.95. The van der Waals surface area contributed by atoms with Gasteiger partial charge in [-0.05, 0) is 30.2 Å². The Balaban J connectivity index is 0.00000176. The molecule has 1 fully saturated rings. The summed E-state index contributed by atoms with van der Waals surface area (Å²) in [5.74, 6) is 0.423. The average molecular weight is 346 g/mol. The van der Waals surface area contributed by atoms with Crippen molar-refractivity contribution in [2.24, 2.45) is 5.92 Å². The van der Waals surface area contributed by atoms with Crippen LogP contribution >= 0.6 is 12.4 Å². The van der Waals surface area contributed by atoms with Crippen LogP contribution in [0, 0.1) is 5.92 Å². The number of benzene rings is 1. The molecule has 1 saturated heterocycles. The molecule has 6 nitrogen and oxygen atoms in total. The third-order valence-corrected chi connectivity index (χ3v) is 5.19. The van der Waals surface area contributed by atoms with Crippen LogP contribution in [0.3, 0.4) is 0 Å². The van der Waals surface area contributed by atoms with Crippen LogP contribution < -0.4 is 14.9 Å². The largest absolute Gasteiger partial charge is 0.352 e. The summed E-state index contributed by atoms with van der Waals surface area (Å²) in [5.41, 5.74) is 2.20.